The first-order valence-electron chi connectivity index (χ1n) is 11.1. The van der Waals surface area contributed by atoms with E-state index in [4.69, 9.17) is 15.9 Å². The molecule has 0 radical (unpaired) electrons. The number of aliphatic hydroxyl groups excluding tert-OH is 1. The number of nitrogens with two attached hydrogens (primary N) is 1. The highest BCUT2D eigenvalue weighted by Crippen LogP contribution is 2.19. The van der Waals surface area contributed by atoms with Crippen molar-refractivity contribution in [3.63, 3.8) is 0 Å². The van der Waals surface area contributed by atoms with Gasteiger partial charge in [0.25, 0.3) is 0 Å². The van der Waals surface area contributed by atoms with Crippen LogP contribution in [-0.4, -0.2) is 112 Å². The van der Waals surface area contributed by atoms with E-state index in [1.165, 1.54) is 16.7 Å². The molecular formula is C20H32N6O8. The Labute approximate surface area is 196 Å². The highest BCUT2D eigenvalue weighted by molar-refractivity contribution is 5.94. The maximum atomic E-state index is 12.6. The number of amides is 5. The lowest BCUT2D eigenvalue weighted by molar-refractivity contribution is -0.148. The van der Waals surface area contributed by atoms with E-state index in [1.54, 1.807) is 0 Å². The van der Waals surface area contributed by atoms with Gasteiger partial charge < -0.3 is 41.7 Å². The Morgan fingerprint density at radius 2 is 1.59 bits per heavy atom. The zero-order chi connectivity index (χ0) is 25.4. The van der Waals surface area contributed by atoms with Crippen molar-refractivity contribution in [1.82, 2.24) is 25.8 Å². The van der Waals surface area contributed by atoms with Crippen LogP contribution < -0.4 is 21.7 Å². The number of rotatable bonds is 10. The third-order valence-electron chi connectivity index (χ3n) is 5.82. The summed E-state index contributed by atoms with van der Waals surface area (Å²) < 4.78 is 0. The third kappa shape index (κ3) is 6.87. The molecule has 7 N–H and O–H groups in total. The molecule has 0 unspecified atom stereocenters. The molecule has 2 aliphatic rings. The second-order valence-corrected chi connectivity index (χ2v) is 8.29. The zero-order valence-corrected chi connectivity index (χ0v) is 19.0. The average Bonchev–Trinajstić information content (AvgIpc) is 3.49. The van der Waals surface area contributed by atoms with Crippen molar-refractivity contribution in [3.05, 3.63) is 0 Å². The highest BCUT2D eigenvalue weighted by Gasteiger charge is 2.37. The average molecular weight is 485 g/mol. The van der Waals surface area contributed by atoms with Gasteiger partial charge in [0.15, 0.2) is 0 Å². The minimum Gasteiger partial charge on any atom is -0.480 e. The molecular weight excluding hydrogens is 452 g/mol. The van der Waals surface area contributed by atoms with E-state index in [1.807, 2.05) is 0 Å². The monoisotopic (exact) mass is 484 g/mol. The number of carboxylic acids is 1. The molecule has 0 aromatic heterocycles. The van der Waals surface area contributed by atoms with Gasteiger partial charge in [0.05, 0.1) is 19.7 Å². The maximum absolute atomic E-state index is 12.6. The van der Waals surface area contributed by atoms with E-state index < -0.39 is 79.4 Å². The standard InChI is InChI=1S/C20H32N6O8/c1-11(24-18(31)13-4-2-7-26(13)19(32)12(21)10-27)17(30)23-8-15(28)22-9-16(29)25-6-3-5-14(25)20(33)34/h11-14,27H,2-10,21H2,1H3,(H,22,28)(H,23,30)(H,24,31)(H,33,34)/t11-,12-,13-,14-/m0/s1. The van der Waals surface area contributed by atoms with Crippen molar-refractivity contribution in [2.75, 3.05) is 32.8 Å². The number of hydrogen-bond donors (Lipinski definition) is 6. The molecule has 0 bridgehead atoms. The van der Waals surface area contributed by atoms with E-state index in [2.05, 4.69) is 16.0 Å². The fourth-order valence-electron chi connectivity index (χ4n) is 3.95. The lowest BCUT2D eigenvalue weighted by Gasteiger charge is -2.27. The molecule has 2 saturated heterocycles. The van der Waals surface area contributed by atoms with Gasteiger partial charge in [-0.1, -0.05) is 0 Å². The number of hydrogen-bond acceptors (Lipinski definition) is 8. The summed E-state index contributed by atoms with van der Waals surface area (Å²) in [5, 5.41) is 25.4. The van der Waals surface area contributed by atoms with Crippen molar-refractivity contribution >= 4 is 35.5 Å². The second-order valence-electron chi connectivity index (χ2n) is 8.29. The van der Waals surface area contributed by atoms with Crippen LogP contribution in [0.2, 0.25) is 0 Å². The van der Waals surface area contributed by atoms with Crippen LogP contribution in [0.5, 0.6) is 0 Å². The molecule has 4 atom stereocenters. The van der Waals surface area contributed by atoms with E-state index in [0.29, 0.717) is 38.8 Å². The van der Waals surface area contributed by atoms with Crippen LogP contribution in [-0.2, 0) is 28.8 Å². The fraction of sp³-hybridized carbons (Fsp3) is 0.700. The van der Waals surface area contributed by atoms with Crippen LogP contribution in [0.15, 0.2) is 0 Å². The Morgan fingerprint density at radius 1 is 0.971 bits per heavy atom. The van der Waals surface area contributed by atoms with Crippen LogP contribution in [0.1, 0.15) is 32.6 Å². The Hall–Kier alpha value is -3.26. The van der Waals surface area contributed by atoms with E-state index in [9.17, 15) is 28.8 Å². The number of likely N-dealkylation sites (tertiary alicyclic amines) is 2. The first-order valence-corrected chi connectivity index (χ1v) is 11.1. The summed E-state index contributed by atoms with van der Waals surface area (Å²) in [5.41, 5.74) is 5.55. The lowest BCUT2D eigenvalue weighted by Crippen LogP contribution is -2.55. The van der Waals surface area contributed by atoms with Crippen LogP contribution in [0.25, 0.3) is 0 Å². The maximum Gasteiger partial charge on any atom is 0.326 e. The van der Waals surface area contributed by atoms with Gasteiger partial charge in [-0.2, -0.15) is 0 Å². The fourth-order valence-corrected chi connectivity index (χ4v) is 3.95. The van der Waals surface area contributed by atoms with Gasteiger partial charge in [0.2, 0.25) is 29.5 Å². The molecule has 0 aromatic carbocycles. The molecule has 2 fully saturated rings. The molecule has 0 saturated carbocycles. The number of nitrogens with zero attached hydrogens (tertiary/aromatic N) is 2. The minimum atomic E-state index is -1.13. The highest BCUT2D eigenvalue weighted by atomic mass is 16.4. The SMILES string of the molecule is C[C@H](NC(=O)[C@@H]1CCCN1C(=O)[C@@H](N)CO)C(=O)NCC(=O)NCC(=O)N1CCC[C@H]1C(=O)O. The summed E-state index contributed by atoms with van der Waals surface area (Å²) in [4.78, 5) is 74.8. The zero-order valence-electron chi connectivity index (χ0n) is 19.0. The van der Waals surface area contributed by atoms with E-state index in [0.717, 1.165) is 0 Å². The summed E-state index contributed by atoms with van der Waals surface area (Å²) in [6, 6.07) is -3.85. The number of carboxylic acid groups (broad SMARTS) is 1. The minimum absolute atomic E-state index is 0.301. The molecule has 0 aliphatic carbocycles. The van der Waals surface area contributed by atoms with Crippen molar-refractivity contribution in [2.24, 2.45) is 5.73 Å². The van der Waals surface area contributed by atoms with Gasteiger partial charge in [-0.25, -0.2) is 4.79 Å². The number of carbonyl (C=O) groups excluding carboxylic acids is 5. The van der Waals surface area contributed by atoms with Crippen LogP contribution in [0.4, 0.5) is 0 Å². The summed E-state index contributed by atoms with van der Waals surface area (Å²) in [7, 11) is 0. The molecule has 0 spiro atoms. The van der Waals surface area contributed by atoms with Crippen molar-refractivity contribution < 1.29 is 39.0 Å². The predicted octanol–water partition coefficient (Wildman–Crippen LogP) is -3.89. The van der Waals surface area contributed by atoms with Crippen LogP contribution in [0, 0.1) is 0 Å². The van der Waals surface area contributed by atoms with Gasteiger partial charge in [-0.3, -0.25) is 24.0 Å². The van der Waals surface area contributed by atoms with Gasteiger partial charge in [0, 0.05) is 13.1 Å². The second kappa shape index (κ2) is 12.3. The molecule has 5 amide bonds. The molecule has 190 valence electrons. The lowest BCUT2D eigenvalue weighted by atomic mass is 10.1. The largest absolute Gasteiger partial charge is 0.480 e. The first kappa shape index (κ1) is 27.0. The molecule has 14 nitrogen and oxygen atoms in total. The topological polar surface area (TPSA) is 211 Å². The van der Waals surface area contributed by atoms with Crippen molar-refractivity contribution in [1.29, 1.82) is 0 Å². The van der Waals surface area contributed by atoms with Gasteiger partial charge in [0.1, 0.15) is 24.2 Å². The number of aliphatic carboxylic acids is 1. The van der Waals surface area contributed by atoms with Crippen LogP contribution in [0.3, 0.4) is 0 Å². The quantitative estimate of drug-likeness (QED) is 0.179. The Balaban J connectivity index is 1.75. The number of aliphatic hydroxyl groups is 1. The number of carbonyl (C=O) groups is 6. The van der Waals surface area contributed by atoms with Crippen LogP contribution >= 0.6 is 0 Å². The van der Waals surface area contributed by atoms with Crippen molar-refractivity contribution in [3.8, 4) is 0 Å². The molecule has 34 heavy (non-hydrogen) atoms. The molecule has 2 aliphatic heterocycles. The van der Waals surface area contributed by atoms with Gasteiger partial charge in [-0.15, -0.1) is 0 Å². The summed E-state index contributed by atoms with van der Waals surface area (Å²) in [6.07, 6.45) is 1.89. The molecule has 2 heterocycles. The smallest absolute Gasteiger partial charge is 0.326 e. The number of nitrogens with one attached hydrogen (secondary N) is 3. The Bertz CT molecular complexity index is 821. The van der Waals surface area contributed by atoms with E-state index >= 15 is 0 Å². The summed E-state index contributed by atoms with van der Waals surface area (Å²) in [6.45, 7) is 0.633. The Morgan fingerprint density at radius 3 is 2.21 bits per heavy atom. The molecule has 2 rings (SSSR count). The predicted molar refractivity (Wildman–Crippen MR) is 116 cm³/mol. The Kier molecular flexibility index (Phi) is 9.74. The van der Waals surface area contributed by atoms with E-state index in [-0.39, 0.29) is 0 Å². The van der Waals surface area contributed by atoms with Gasteiger partial charge >= 0.3 is 5.97 Å². The summed E-state index contributed by atoms with van der Waals surface area (Å²) >= 11 is 0. The molecule has 14 heteroatoms. The van der Waals surface area contributed by atoms with Gasteiger partial charge in [-0.05, 0) is 32.6 Å². The summed E-state index contributed by atoms with van der Waals surface area (Å²) in [5.74, 6) is -4.02. The first-order chi connectivity index (χ1) is 16.1. The normalized spacial score (nSPS) is 21.5. The van der Waals surface area contributed by atoms with Crippen molar-refractivity contribution in [2.45, 2.75) is 56.8 Å². The molecule has 0 aromatic rings. The third-order valence-corrected chi connectivity index (χ3v) is 5.82.